The van der Waals surface area contributed by atoms with Gasteiger partial charge in [0.1, 0.15) is 5.82 Å². The third-order valence-electron chi connectivity index (χ3n) is 3.99. The third-order valence-corrected chi connectivity index (χ3v) is 5.39. The van der Waals surface area contributed by atoms with E-state index in [2.05, 4.69) is 25.3 Å². The van der Waals surface area contributed by atoms with Crippen molar-refractivity contribution in [3.8, 4) is 0 Å². The van der Waals surface area contributed by atoms with Crippen LogP contribution in [-0.4, -0.2) is 51.8 Å². The Kier molecular flexibility index (Phi) is 7.40. The van der Waals surface area contributed by atoms with E-state index in [0.717, 1.165) is 22.9 Å². The normalized spacial score (nSPS) is 12.5. The molecule has 0 spiro atoms. The summed E-state index contributed by atoms with van der Waals surface area (Å²) in [6, 6.07) is 4.70. The molecule has 0 saturated heterocycles. The number of benzene rings is 1. The highest BCUT2D eigenvalue weighted by Crippen LogP contribution is 2.19. The molecule has 26 heavy (non-hydrogen) atoms. The average Bonchev–Trinajstić information content (AvgIpc) is 3.02. The number of nitrogens with zero attached hydrogens (tertiary/aromatic N) is 1. The Labute approximate surface area is 153 Å². The number of H-pyrrole nitrogens is 1. The van der Waals surface area contributed by atoms with E-state index in [1.165, 1.54) is 12.1 Å². The van der Waals surface area contributed by atoms with Crippen molar-refractivity contribution in [2.45, 2.75) is 19.8 Å². The highest BCUT2D eigenvalue weighted by molar-refractivity contribution is 7.89. The number of rotatable bonds is 9. The van der Waals surface area contributed by atoms with Crippen molar-refractivity contribution in [1.82, 2.24) is 20.3 Å². The number of sulfonamides is 1. The Morgan fingerprint density at radius 1 is 1.23 bits per heavy atom. The van der Waals surface area contributed by atoms with E-state index >= 15 is 0 Å². The number of guanidine groups is 1. The van der Waals surface area contributed by atoms with Crippen molar-refractivity contribution in [1.29, 1.82) is 0 Å². The van der Waals surface area contributed by atoms with Gasteiger partial charge in [-0.3, -0.25) is 4.99 Å². The number of hydrogen-bond donors (Lipinski definition) is 4. The molecule has 0 aliphatic rings. The van der Waals surface area contributed by atoms with E-state index in [0.29, 0.717) is 32.0 Å². The van der Waals surface area contributed by atoms with Gasteiger partial charge in [0.15, 0.2) is 5.96 Å². The number of aliphatic imine (C=N–C) groups is 1. The zero-order valence-electron chi connectivity index (χ0n) is 15.1. The summed E-state index contributed by atoms with van der Waals surface area (Å²) in [5, 5.41) is 7.22. The lowest BCUT2D eigenvalue weighted by Gasteiger charge is -2.12. The Hall–Kier alpha value is -2.13. The van der Waals surface area contributed by atoms with Crippen LogP contribution in [0.2, 0.25) is 0 Å². The van der Waals surface area contributed by atoms with Gasteiger partial charge in [0.2, 0.25) is 10.0 Å². The molecule has 2 rings (SSSR count). The molecule has 2 aromatic rings. The van der Waals surface area contributed by atoms with E-state index in [-0.39, 0.29) is 11.6 Å². The minimum atomic E-state index is -3.14. The number of fused-ring (bicyclic) bond motifs is 1. The van der Waals surface area contributed by atoms with Crippen LogP contribution in [0.3, 0.4) is 0 Å². The van der Waals surface area contributed by atoms with Crippen LogP contribution in [0.1, 0.15) is 18.9 Å². The Bertz CT molecular complexity index is 848. The van der Waals surface area contributed by atoms with Crippen LogP contribution in [0.4, 0.5) is 4.39 Å². The first-order chi connectivity index (χ1) is 12.4. The lowest BCUT2D eigenvalue weighted by atomic mass is 10.1. The molecule has 0 bridgehead atoms. The molecule has 0 atom stereocenters. The zero-order valence-corrected chi connectivity index (χ0v) is 15.9. The minimum absolute atomic E-state index is 0.0847. The summed E-state index contributed by atoms with van der Waals surface area (Å²) in [6.07, 6.45) is 3.27. The fourth-order valence-corrected chi connectivity index (χ4v) is 3.18. The summed E-state index contributed by atoms with van der Waals surface area (Å²) in [7, 11) is -1.46. The van der Waals surface area contributed by atoms with Crippen LogP contribution in [0.15, 0.2) is 29.4 Å². The molecule has 0 aliphatic heterocycles. The molecule has 1 heterocycles. The van der Waals surface area contributed by atoms with Gasteiger partial charge < -0.3 is 15.6 Å². The molecular weight excluding hydrogens is 357 g/mol. The molecule has 7 nitrogen and oxygen atoms in total. The smallest absolute Gasteiger partial charge is 0.211 e. The molecule has 0 radical (unpaired) electrons. The van der Waals surface area contributed by atoms with Gasteiger partial charge in [0.05, 0.1) is 5.75 Å². The fraction of sp³-hybridized carbons (Fsp3) is 0.471. The van der Waals surface area contributed by atoms with Crippen molar-refractivity contribution < 1.29 is 12.8 Å². The predicted octanol–water partition coefficient (Wildman–Crippen LogP) is 1.34. The largest absolute Gasteiger partial charge is 0.361 e. The highest BCUT2D eigenvalue weighted by Gasteiger charge is 2.06. The first kappa shape index (κ1) is 20.2. The summed E-state index contributed by atoms with van der Waals surface area (Å²) in [5.74, 6) is 0.485. The van der Waals surface area contributed by atoms with Crippen LogP contribution in [-0.2, 0) is 16.4 Å². The topological polar surface area (TPSA) is 98.4 Å². The van der Waals surface area contributed by atoms with E-state index in [1.807, 2.05) is 6.20 Å². The van der Waals surface area contributed by atoms with Crippen LogP contribution in [0.25, 0.3) is 10.9 Å². The number of nitrogens with one attached hydrogen (secondary N) is 4. The number of aromatic amines is 1. The van der Waals surface area contributed by atoms with Gasteiger partial charge in [0, 0.05) is 43.8 Å². The first-order valence-electron chi connectivity index (χ1n) is 8.62. The summed E-state index contributed by atoms with van der Waals surface area (Å²) < 4.78 is 38.6. The third kappa shape index (κ3) is 5.99. The van der Waals surface area contributed by atoms with E-state index < -0.39 is 10.0 Å². The molecule has 1 aromatic heterocycles. The van der Waals surface area contributed by atoms with Gasteiger partial charge in [-0.1, -0.05) is 0 Å². The summed E-state index contributed by atoms with van der Waals surface area (Å²) in [5.41, 5.74) is 1.95. The van der Waals surface area contributed by atoms with Gasteiger partial charge >= 0.3 is 0 Å². The second-order valence-electron chi connectivity index (χ2n) is 5.83. The lowest BCUT2D eigenvalue weighted by molar-refractivity contribution is 0.579. The number of halogens is 1. The Morgan fingerprint density at radius 3 is 2.73 bits per heavy atom. The van der Waals surface area contributed by atoms with Gasteiger partial charge in [0.25, 0.3) is 0 Å². The monoisotopic (exact) mass is 383 g/mol. The maximum absolute atomic E-state index is 13.4. The Balaban J connectivity index is 1.72. The molecule has 0 amide bonds. The van der Waals surface area contributed by atoms with Crippen molar-refractivity contribution in [2.24, 2.45) is 4.99 Å². The lowest BCUT2D eigenvalue weighted by Crippen LogP contribution is -2.39. The Morgan fingerprint density at radius 2 is 2.00 bits per heavy atom. The molecular formula is C17H26FN5O2S. The van der Waals surface area contributed by atoms with E-state index in [9.17, 15) is 12.8 Å². The standard InChI is InChI=1S/C17H26FN5O2S/c1-3-26(24,25)23-9-4-8-20-17(19-2)21-10-7-13-12-22-16-6-5-14(18)11-15(13)16/h5-6,11-12,22-23H,3-4,7-10H2,1-2H3,(H2,19,20,21). The second kappa shape index (κ2) is 9.54. The summed E-state index contributed by atoms with van der Waals surface area (Å²) >= 11 is 0. The quantitative estimate of drug-likeness (QED) is 0.298. The van der Waals surface area contributed by atoms with Crippen molar-refractivity contribution in [2.75, 3.05) is 32.4 Å². The van der Waals surface area contributed by atoms with E-state index in [4.69, 9.17) is 0 Å². The van der Waals surface area contributed by atoms with Gasteiger partial charge in [-0.25, -0.2) is 17.5 Å². The van der Waals surface area contributed by atoms with Gasteiger partial charge in [-0.15, -0.1) is 0 Å². The fourth-order valence-electron chi connectivity index (χ4n) is 2.52. The highest BCUT2D eigenvalue weighted by atomic mass is 32.2. The first-order valence-corrected chi connectivity index (χ1v) is 10.3. The molecule has 4 N–H and O–H groups in total. The average molecular weight is 383 g/mol. The maximum atomic E-state index is 13.4. The molecule has 1 aromatic carbocycles. The van der Waals surface area contributed by atoms with Crippen molar-refractivity contribution in [3.63, 3.8) is 0 Å². The SMILES string of the molecule is CCS(=O)(=O)NCCCNC(=NC)NCCc1c[nH]c2ccc(F)cc12. The number of hydrogen-bond acceptors (Lipinski definition) is 3. The molecule has 0 aliphatic carbocycles. The molecule has 0 saturated carbocycles. The number of aromatic nitrogens is 1. The molecule has 9 heteroatoms. The van der Waals surface area contributed by atoms with Crippen LogP contribution in [0, 0.1) is 5.82 Å². The summed E-state index contributed by atoms with van der Waals surface area (Å²) in [6.45, 7) is 3.24. The van der Waals surface area contributed by atoms with Crippen LogP contribution < -0.4 is 15.4 Å². The minimum Gasteiger partial charge on any atom is -0.361 e. The van der Waals surface area contributed by atoms with Crippen LogP contribution >= 0.6 is 0 Å². The van der Waals surface area contributed by atoms with Crippen molar-refractivity contribution in [3.05, 3.63) is 35.8 Å². The van der Waals surface area contributed by atoms with Crippen LogP contribution in [0.5, 0.6) is 0 Å². The van der Waals surface area contributed by atoms with Gasteiger partial charge in [-0.2, -0.15) is 0 Å². The maximum Gasteiger partial charge on any atom is 0.211 e. The van der Waals surface area contributed by atoms with E-state index in [1.54, 1.807) is 20.0 Å². The second-order valence-corrected chi connectivity index (χ2v) is 7.93. The molecule has 144 valence electrons. The van der Waals surface area contributed by atoms with Gasteiger partial charge in [-0.05, 0) is 43.5 Å². The van der Waals surface area contributed by atoms with Crippen molar-refractivity contribution >= 4 is 26.9 Å². The zero-order chi connectivity index (χ0) is 19.0. The molecule has 0 fully saturated rings. The molecule has 0 unspecified atom stereocenters. The predicted molar refractivity (Wildman–Crippen MR) is 103 cm³/mol. The summed E-state index contributed by atoms with van der Waals surface area (Å²) in [4.78, 5) is 7.27.